The van der Waals surface area contributed by atoms with Crippen LogP contribution in [0.1, 0.15) is 24.1 Å². The largest absolute Gasteiger partial charge is 0.493 e. The zero-order valence-corrected chi connectivity index (χ0v) is 17.4. The molecular weight excluding hydrogens is 394 g/mol. The van der Waals surface area contributed by atoms with E-state index in [0.29, 0.717) is 35.2 Å². The van der Waals surface area contributed by atoms with Gasteiger partial charge in [0.15, 0.2) is 11.5 Å². The lowest BCUT2D eigenvalue weighted by Crippen LogP contribution is -2.28. The second kappa shape index (κ2) is 9.80. The molecule has 0 bridgehead atoms. The number of nitrogens with one attached hydrogen (secondary N) is 1. The summed E-state index contributed by atoms with van der Waals surface area (Å²) in [6.45, 7) is 0.503. The Balaban J connectivity index is 1.69. The Hall–Kier alpha value is -2.52. The van der Waals surface area contributed by atoms with Crippen molar-refractivity contribution in [1.29, 1.82) is 0 Å². The maximum atomic E-state index is 12.4. The van der Waals surface area contributed by atoms with Gasteiger partial charge < -0.3 is 19.9 Å². The first-order valence-corrected chi connectivity index (χ1v) is 10.4. The third-order valence-corrected chi connectivity index (χ3v) is 5.77. The number of benzene rings is 1. The quantitative estimate of drug-likeness (QED) is 0.472. The van der Waals surface area contributed by atoms with Gasteiger partial charge in [-0.25, -0.2) is 4.79 Å². The lowest BCUT2D eigenvalue weighted by molar-refractivity contribution is -0.113. The van der Waals surface area contributed by atoms with Crippen molar-refractivity contribution < 1.29 is 19.4 Å². The minimum absolute atomic E-state index is 0.0357. The van der Waals surface area contributed by atoms with Crippen molar-refractivity contribution >= 4 is 23.4 Å². The number of anilines is 1. The maximum Gasteiger partial charge on any atom is 0.348 e. The number of hydrogen-bond donors (Lipinski definition) is 2. The summed E-state index contributed by atoms with van der Waals surface area (Å²) in [6.07, 6.45) is 3.16. The third-order valence-electron chi connectivity index (χ3n) is 4.75. The molecule has 1 aromatic heterocycles. The van der Waals surface area contributed by atoms with Crippen LogP contribution in [0.3, 0.4) is 0 Å². The highest BCUT2D eigenvalue weighted by molar-refractivity contribution is 8.00. The molecule has 1 aromatic carbocycles. The highest BCUT2D eigenvalue weighted by Crippen LogP contribution is 2.31. The first-order valence-electron chi connectivity index (χ1n) is 9.45. The lowest BCUT2D eigenvalue weighted by atomic mass is 10.2. The molecule has 0 atom stereocenters. The first kappa shape index (κ1) is 21.2. The third kappa shape index (κ3) is 4.91. The summed E-state index contributed by atoms with van der Waals surface area (Å²) in [4.78, 5) is 29.0. The smallest absolute Gasteiger partial charge is 0.348 e. The van der Waals surface area contributed by atoms with Crippen LogP contribution in [0.5, 0.6) is 11.5 Å². The molecule has 8 nitrogen and oxygen atoms in total. The number of hydrogen-bond acceptors (Lipinski definition) is 7. The number of nitrogens with zero attached hydrogens (tertiary/aromatic N) is 2. The van der Waals surface area contributed by atoms with Gasteiger partial charge in [0.25, 0.3) is 0 Å². The number of aliphatic hydroxyl groups is 1. The van der Waals surface area contributed by atoms with Crippen molar-refractivity contribution in [2.75, 3.05) is 31.9 Å². The van der Waals surface area contributed by atoms with Gasteiger partial charge >= 0.3 is 5.69 Å². The van der Waals surface area contributed by atoms with Crippen LogP contribution in [0.15, 0.2) is 28.0 Å². The van der Waals surface area contributed by atoms with Crippen molar-refractivity contribution in [3.05, 3.63) is 39.9 Å². The molecule has 9 heteroatoms. The van der Waals surface area contributed by atoms with E-state index >= 15 is 0 Å². The predicted molar refractivity (Wildman–Crippen MR) is 111 cm³/mol. The van der Waals surface area contributed by atoms with Crippen molar-refractivity contribution in [3.63, 3.8) is 0 Å². The Kier molecular flexibility index (Phi) is 7.16. The van der Waals surface area contributed by atoms with Crippen LogP contribution in [0.25, 0.3) is 0 Å². The summed E-state index contributed by atoms with van der Waals surface area (Å²) in [5.41, 5.74) is 2.32. The topological polar surface area (TPSA) is 103 Å². The summed E-state index contributed by atoms with van der Waals surface area (Å²) in [5.74, 6) is 1.07. The summed E-state index contributed by atoms with van der Waals surface area (Å²) in [5, 5.41) is 12.5. The van der Waals surface area contributed by atoms with E-state index in [9.17, 15) is 9.59 Å². The molecule has 0 spiro atoms. The number of carbonyl (C=O) groups excluding carboxylic acids is 1. The Morgan fingerprint density at radius 1 is 1.28 bits per heavy atom. The first-order chi connectivity index (χ1) is 14.1. The Morgan fingerprint density at radius 2 is 2.07 bits per heavy atom. The second-order valence-corrected chi connectivity index (χ2v) is 7.58. The highest BCUT2D eigenvalue weighted by Gasteiger charge is 2.22. The Bertz CT molecular complexity index is 944. The fourth-order valence-electron chi connectivity index (χ4n) is 3.41. The van der Waals surface area contributed by atoms with Crippen LogP contribution < -0.4 is 20.5 Å². The minimum Gasteiger partial charge on any atom is -0.493 e. The molecule has 0 unspecified atom stereocenters. The summed E-state index contributed by atoms with van der Waals surface area (Å²) in [6, 6.07) is 5.16. The normalized spacial score (nSPS) is 12.5. The van der Waals surface area contributed by atoms with Gasteiger partial charge in [-0.15, -0.1) is 0 Å². The van der Waals surface area contributed by atoms with E-state index in [1.165, 1.54) is 18.9 Å². The van der Waals surface area contributed by atoms with E-state index in [2.05, 4.69) is 10.3 Å². The molecule has 1 aliphatic carbocycles. The van der Waals surface area contributed by atoms with Crippen LogP contribution >= 0.6 is 11.8 Å². The number of rotatable bonds is 9. The van der Waals surface area contributed by atoms with Crippen molar-refractivity contribution in [1.82, 2.24) is 9.55 Å². The number of thioether (sulfide) groups is 1. The van der Waals surface area contributed by atoms with Crippen LogP contribution in [0, 0.1) is 0 Å². The summed E-state index contributed by atoms with van der Waals surface area (Å²) in [7, 11) is 3.09. The van der Waals surface area contributed by atoms with E-state index in [1.807, 2.05) is 0 Å². The van der Waals surface area contributed by atoms with E-state index < -0.39 is 0 Å². The summed E-state index contributed by atoms with van der Waals surface area (Å²) >= 11 is 1.28. The van der Waals surface area contributed by atoms with Crippen molar-refractivity contribution in [3.8, 4) is 11.5 Å². The monoisotopic (exact) mass is 419 g/mol. The van der Waals surface area contributed by atoms with Crippen molar-refractivity contribution in [2.24, 2.45) is 0 Å². The molecular formula is C20H25N3O5S. The maximum absolute atomic E-state index is 12.4. The number of aliphatic hydroxyl groups excluding tert-OH is 1. The zero-order chi connectivity index (χ0) is 20.8. The van der Waals surface area contributed by atoms with E-state index in [4.69, 9.17) is 14.6 Å². The van der Waals surface area contributed by atoms with Crippen molar-refractivity contribution in [2.45, 2.75) is 37.3 Å². The van der Waals surface area contributed by atoms with Gasteiger partial charge in [0.05, 0.1) is 20.0 Å². The average Bonchev–Trinajstić information content (AvgIpc) is 3.21. The van der Waals surface area contributed by atoms with Crippen LogP contribution in [-0.2, 0) is 24.2 Å². The molecule has 0 radical (unpaired) electrons. The predicted octanol–water partition coefficient (Wildman–Crippen LogP) is 1.86. The van der Waals surface area contributed by atoms with Gasteiger partial charge in [0.1, 0.15) is 5.03 Å². The standard InChI is InChI=1S/C20H25N3O5S/c1-27-16-8-7-13(11-17(16)28-2)21-18(25)12-29-19-14-5-3-6-15(14)23(9-4-10-24)20(26)22-19/h7-8,11,24H,3-6,9-10,12H2,1-2H3,(H,21,25). The van der Waals surface area contributed by atoms with Gasteiger partial charge in [0.2, 0.25) is 5.91 Å². The Morgan fingerprint density at radius 3 is 2.79 bits per heavy atom. The number of methoxy groups -OCH3 is 2. The highest BCUT2D eigenvalue weighted by atomic mass is 32.2. The molecule has 0 fully saturated rings. The number of fused-ring (bicyclic) bond motifs is 1. The molecule has 1 amide bonds. The summed E-state index contributed by atoms with van der Waals surface area (Å²) < 4.78 is 12.1. The fourth-order valence-corrected chi connectivity index (χ4v) is 4.29. The zero-order valence-electron chi connectivity index (χ0n) is 16.6. The molecule has 2 N–H and O–H groups in total. The van der Waals surface area contributed by atoms with E-state index in [0.717, 1.165) is 30.5 Å². The van der Waals surface area contributed by atoms with E-state index in [1.54, 1.807) is 29.9 Å². The molecule has 1 heterocycles. The molecule has 29 heavy (non-hydrogen) atoms. The van der Waals surface area contributed by atoms with Crippen LogP contribution in [0.4, 0.5) is 5.69 Å². The number of amides is 1. The molecule has 1 aliphatic rings. The number of carbonyl (C=O) groups is 1. The molecule has 156 valence electrons. The molecule has 0 saturated heterocycles. The fraction of sp³-hybridized carbons (Fsp3) is 0.450. The number of aromatic nitrogens is 2. The van der Waals surface area contributed by atoms with Crippen LogP contribution in [-0.4, -0.2) is 47.1 Å². The van der Waals surface area contributed by atoms with Gasteiger partial charge in [-0.05, 0) is 37.8 Å². The molecule has 0 aliphatic heterocycles. The molecule has 3 rings (SSSR count). The van der Waals surface area contributed by atoms with Gasteiger partial charge in [-0.3, -0.25) is 9.36 Å². The molecule has 0 saturated carbocycles. The Labute approximate surface area is 173 Å². The second-order valence-electron chi connectivity index (χ2n) is 6.61. The lowest BCUT2D eigenvalue weighted by Gasteiger charge is -2.14. The average molecular weight is 420 g/mol. The molecule has 2 aromatic rings. The number of ether oxygens (including phenoxy) is 2. The van der Waals surface area contributed by atoms with Gasteiger partial charge in [-0.2, -0.15) is 4.98 Å². The van der Waals surface area contributed by atoms with Crippen LogP contribution in [0.2, 0.25) is 0 Å². The van der Waals surface area contributed by atoms with Gasteiger partial charge in [0, 0.05) is 36.2 Å². The van der Waals surface area contributed by atoms with Gasteiger partial charge in [-0.1, -0.05) is 11.8 Å². The SMILES string of the molecule is COc1ccc(NC(=O)CSc2nc(=O)n(CCCO)c3c2CCC3)cc1OC. The van der Waals surface area contributed by atoms with E-state index in [-0.39, 0.29) is 24.0 Å². The minimum atomic E-state index is -0.318.